The molecule has 1 N–H and O–H groups in total. The minimum absolute atomic E-state index is 0.771. The molecule has 1 aliphatic carbocycles. The van der Waals surface area contributed by atoms with Gasteiger partial charge < -0.3 is 10.0 Å². The molecule has 2 aromatic rings. The van der Waals surface area contributed by atoms with Crippen LogP contribution in [0, 0.1) is 0 Å². The first kappa shape index (κ1) is 22.3. The van der Waals surface area contributed by atoms with Crippen molar-refractivity contribution in [1.82, 2.24) is 4.90 Å². The van der Waals surface area contributed by atoms with Crippen molar-refractivity contribution in [3.63, 3.8) is 0 Å². The Balaban J connectivity index is 1.76. The number of unbranched alkanes of at least 4 members (excludes halogenated alkanes) is 2. The zero-order valence-electron chi connectivity index (χ0n) is 19.0. The zero-order valence-corrected chi connectivity index (χ0v) is 19.0. The van der Waals surface area contributed by atoms with Gasteiger partial charge >= 0.3 is 0 Å². The first-order valence-electron chi connectivity index (χ1n) is 12.1. The van der Waals surface area contributed by atoms with Gasteiger partial charge in [-0.25, -0.2) is 0 Å². The summed E-state index contributed by atoms with van der Waals surface area (Å²) >= 11 is 0. The molecule has 0 heterocycles. The summed E-state index contributed by atoms with van der Waals surface area (Å²) in [6.07, 6.45) is 11.8. The highest BCUT2D eigenvalue weighted by molar-refractivity contribution is 5.90. The van der Waals surface area contributed by atoms with Crippen LogP contribution in [0.3, 0.4) is 0 Å². The molecule has 0 aromatic heterocycles. The zero-order chi connectivity index (χ0) is 20.7. The SMILES string of the molecule is CCCCN(CCCC)CCCC(C)(O)c1cc2c(c3ccccc13)CCCC2. The van der Waals surface area contributed by atoms with Gasteiger partial charge in [-0.15, -0.1) is 0 Å². The number of hydrogen-bond acceptors (Lipinski definition) is 2. The van der Waals surface area contributed by atoms with Crippen LogP contribution in [0.5, 0.6) is 0 Å². The lowest BCUT2D eigenvalue weighted by Crippen LogP contribution is -2.29. The Kier molecular flexibility index (Phi) is 8.15. The molecule has 2 heteroatoms. The first-order valence-corrected chi connectivity index (χ1v) is 12.1. The highest BCUT2D eigenvalue weighted by Crippen LogP contribution is 2.38. The summed E-state index contributed by atoms with van der Waals surface area (Å²) in [6.45, 7) is 10.1. The Hall–Kier alpha value is -1.38. The van der Waals surface area contributed by atoms with Crippen LogP contribution < -0.4 is 0 Å². The Morgan fingerprint density at radius 3 is 2.21 bits per heavy atom. The third kappa shape index (κ3) is 5.61. The van der Waals surface area contributed by atoms with Gasteiger partial charge in [0.15, 0.2) is 0 Å². The topological polar surface area (TPSA) is 23.5 Å². The average Bonchev–Trinajstić information content (AvgIpc) is 2.74. The summed E-state index contributed by atoms with van der Waals surface area (Å²) in [5.74, 6) is 0. The number of benzene rings is 2. The molecule has 1 atom stereocenters. The molecule has 29 heavy (non-hydrogen) atoms. The van der Waals surface area contributed by atoms with Crippen molar-refractivity contribution in [2.75, 3.05) is 19.6 Å². The molecule has 1 aliphatic rings. The second-order valence-corrected chi connectivity index (χ2v) is 9.24. The Morgan fingerprint density at radius 2 is 1.52 bits per heavy atom. The van der Waals surface area contributed by atoms with E-state index in [0.717, 1.165) is 31.4 Å². The number of rotatable bonds is 11. The highest BCUT2D eigenvalue weighted by Gasteiger charge is 2.27. The molecule has 0 saturated carbocycles. The summed E-state index contributed by atoms with van der Waals surface area (Å²) in [7, 11) is 0. The minimum Gasteiger partial charge on any atom is -0.385 e. The highest BCUT2D eigenvalue weighted by atomic mass is 16.3. The molecule has 160 valence electrons. The van der Waals surface area contributed by atoms with Crippen molar-refractivity contribution in [2.24, 2.45) is 0 Å². The molecule has 2 nitrogen and oxygen atoms in total. The standard InChI is InChI=1S/C27H41NO/c1-4-6-18-28(19-7-5-2)20-12-17-27(3,29)26-21-22-13-8-9-14-23(22)24-15-10-11-16-25(24)26/h10-11,15-16,21,29H,4-9,12-14,17-20H2,1-3H3. The van der Waals surface area contributed by atoms with Gasteiger partial charge in [0.25, 0.3) is 0 Å². The second kappa shape index (κ2) is 10.6. The van der Waals surface area contributed by atoms with E-state index in [1.54, 1.807) is 0 Å². The number of aliphatic hydroxyl groups is 1. The van der Waals surface area contributed by atoms with E-state index >= 15 is 0 Å². The molecule has 1 unspecified atom stereocenters. The number of fused-ring (bicyclic) bond motifs is 3. The Labute approximate surface area is 178 Å². The summed E-state index contributed by atoms with van der Waals surface area (Å²) in [4.78, 5) is 2.61. The summed E-state index contributed by atoms with van der Waals surface area (Å²) < 4.78 is 0. The largest absolute Gasteiger partial charge is 0.385 e. The van der Waals surface area contributed by atoms with E-state index in [9.17, 15) is 5.11 Å². The van der Waals surface area contributed by atoms with Gasteiger partial charge in [0.1, 0.15) is 0 Å². The fourth-order valence-electron chi connectivity index (χ4n) is 4.95. The number of hydrogen-bond donors (Lipinski definition) is 1. The maximum Gasteiger partial charge on any atom is 0.0875 e. The summed E-state index contributed by atoms with van der Waals surface area (Å²) in [5.41, 5.74) is 3.37. The smallest absolute Gasteiger partial charge is 0.0875 e. The predicted molar refractivity (Wildman–Crippen MR) is 126 cm³/mol. The molecule has 2 aromatic carbocycles. The molecule has 0 amide bonds. The monoisotopic (exact) mass is 395 g/mol. The first-order chi connectivity index (χ1) is 14.1. The Morgan fingerprint density at radius 1 is 0.897 bits per heavy atom. The average molecular weight is 396 g/mol. The van der Waals surface area contributed by atoms with Crippen molar-refractivity contribution < 1.29 is 5.11 Å². The van der Waals surface area contributed by atoms with Crippen molar-refractivity contribution in [1.29, 1.82) is 0 Å². The third-order valence-electron chi connectivity index (χ3n) is 6.75. The maximum atomic E-state index is 11.5. The van der Waals surface area contributed by atoms with Gasteiger partial charge in [-0.3, -0.25) is 0 Å². The normalized spacial score (nSPS) is 16.2. The summed E-state index contributed by atoms with van der Waals surface area (Å²) in [6, 6.07) is 11.1. The van der Waals surface area contributed by atoms with Crippen LogP contribution >= 0.6 is 0 Å². The fraction of sp³-hybridized carbons (Fsp3) is 0.630. The molecule has 0 radical (unpaired) electrons. The van der Waals surface area contributed by atoms with Gasteiger partial charge in [0.05, 0.1) is 5.60 Å². The van der Waals surface area contributed by atoms with Crippen molar-refractivity contribution in [3.05, 3.63) is 47.0 Å². The third-order valence-corrected chi connectivity index (χ3v) is 6.75. The lowest BCUT2D eigenvalue weighted by molar-refractivity contribution is 0.0435. The van der Waals surface area contributed by atoms with E-state index in [4.69, 9.17) is 0 Å². The van der Waals surface area contributed by atoms with Crippen LogP contribution in [0.4, 0.5) is 0 Å². The van der Waals surface area contributed by atoms with E-state index in [0.29, 0.717) is 0 Å². The second-order valence-electron chi connectivity index (χ2n) is 9.24. The predicted octanol–water partition coefficient (Wildman–Crippen LogP) is 6.61. The van der Waals surface area contributed by atoms with Gasteiger partial charge in [-0.1, -0.05) is 57.0 Å². The van der Waals surface area contributed by atoms with E-state index in [1.165, 1.54) is 79.9 Å². The van der Waals surface area contributed by atoms with Crippen LogP contribution in [0.1, 0.15) is 88.8 Å². The minimum atomic E-state index is -0.771. The van der Waals surface area contributed by atoms with Crippen molar-refractivity contribution in [2.45, 2.75) is 90.6 Å². The fourth-order valence-corrected chi connectivity index (χ4v) is 4.95. The van der Waals surface area contributed by atoms with Gasteiger partial charge in [0, 0.05) is 0 Å². The Bertz CT molecular complexity index is 771. The maximum absolute atomic E-state index is 11.5. The molecule has 0 bridgehead atoms. The molecule has 3 rings (SSSR count). The lowest BCUT2D eigenvalue weighted by atomic mass is 9.80. The number of aryl methyl sites for hydroxylation is 2. The van der Waals surface area contributed by atoms with Crippen LogP contribution in [-0.2, 0) is 18.4 Å². The lowest BCUT2D eigenvalue weighted by Gasteiger charge is -2.30. The summed E-state index contributed by atoms with van der Waals surface area (Å²) in [5, 5.41) is 14.2. The van der Waals surface area contributed by atoms with Gasteiger partial charge in [0.2, 0.25) is 0 Å². The van der Waals surface area contributed by atoms with Crippen LogP contribution in [0.2, 0.25) is 0 Å². The number of nitrogens with zero attached hydrogens (tertiary/aromatic N) is 1. The molecular formula is C27H41NO. The van der Waals surface area contributed by atoms with Crippen LogP contribution in [-0.4, -0.2) is 29.6 Å². The molecule has 0 fully saturated rings. The van der Waals surface area contributed by atoms with Gasteiger partial charge in [-0.2, -0.15) is 0 Å². The quantitative estimate of drug-likeness (QED) is 0.463. The van der Waals surface area contributed by atoms with Crippen molar-refractivity contribution >= 4 is 10.8 Å². The molecule has 0 saturated heterocycles. The van der Waals surface area contributed by atoms with E-state index in [1.807, 2.05) is 6.92 Å². The van der Waals surface area contributed by atoms with E-state index in [-0.39, 0.29) is 0 Å². The van der Waals surface area contributed by atoms with E-state index in [2.05, 4.69) is 49.1 Å². The van der Waals surface area contributed by atoms with Crippen LogP contribution in [0.15, 0.2) is 30.3 Å². The van der Waals surface area contributed by atoms with Gasteiger partial charge in [-0.05, 0) is 105 Å². The van der Waals surface area contributed by atoms with Crippen LogP contribution in [0.25, 0.3) is 10.8 Å². The van der Waals surface area contributed by atoms with E-state index < -0.39 is 5.60 Å². The van der Waals surface area contributed by atoms with Crippen molar-refractivity contribution in [3.8, 4) is 0 Å². The molecule has 0 spiro atoms. The molecular weight excluding hydrogens is 354 g/mol. The molecule has 0 aliphatic heterocycles.